The maximum atomic E-state index is 12.1. The molecule has 0 atom stereocenters. The summed E-state index contributed by atoms with van der Waals surface area (Å²) in [5.41, 5.74) is 1.13. The molecule has 2 aliphatic heterocycles. The van der Waals surface area contributed by atoms with Gasteiger partial charge in [0.15, 0.2) is 0 Å². The summed E-state index contributed by atoms with van der Waals surface area (Å²) in [4.78, 5) is 2.22. The Kier molecular flexibility index (Phi) is 4.69. The van der Waals surface area contributed by atoms with E-state index in [9.17, 15) is 4.57 Å². The van der Waals surface area contributed by atoms with E-state index < -0.39 is 7.14 Å². The van der Waals surface area contributed by atoms with E-state index in [2.05, 4.69) is 39.3 Å². The number of ether oxygens (including phenoxy) is 1. The summed E-state index contributed by atoms with van der Waals surface area (Å²) < 4.78 is 17.5. The van der Waals surface area contributed by atoms with Gasteiger partial charge in [-0.1, -0.05) is 6.08 Å². The fraction of sp³-hybridized carbons (Fsp3) is 0.500. The van der Waals surface area contributed by atoms with Gasteiger partial charge in [-0.2, -0.15) is 0 Å². The standard InChI is InChI=1S/C16H24N3O2P/c1-22(2,20)16-6-4-15(5-7-16)17-8-3-9-19(14-17)18-10-12-21-13-11-18/h3-8H,9-14H2,1-2H3. The number of hydrogen-bond acceptors (Lipinski definition) is 5. The number of rotatable bonds is 3. The predicted molar refractivity (Wildman–Crippen MR) is 91.1 cm³/mol. The van der Waals surface area contributed by atoms with Gasteiger partial charge in [0.2, 0.25) is 0 Å². The van der Waals surface area contributed by atoms with E-state index >= 15 is 0 Å². The van der Waals surface area contributed by atoms with E-state index in [1.54, 1.807) is 0 Å². The maximum Gasteiger partial charge on any atom is 0.109 e. The average Bonchev–Trinajstić information content (AvgIpc) is 2.55. The molecule has 1 fully saturated rings. The molecule has 0 spiro atoms. The Balaban J connectivity index is 1.70. The molecule has 0 aliphatic carbocycles. The van der Waals surface area contributed by atoms with Crippen molar-refractivity contribution in [3.05, 3.63) is 36.5 Å². The largest absolute Gasteiger partial charge is 0.379 e. The van der Waals surface area contributed by atoms with Crippen molar-refractivity contribution in [2.45, 2.75) is 0 Å². The van der Waals surface area contributed by atoms with Crippen molar-refractivity contribution in [1.82, 2.24) is 10.0 Å². The second kappa shape index (κ2) is 6.55. The first-order chi connectivity index (χ1) is 10.5. The van der Waals surface area contributed by atoms with Crippen LogP contribution in [0.25, 0.3) is 0 Å². The van der Waals surface area contributed by atoms with Crippen molar-refractivity contribution in [1.29, 1.82) is 0 Å². The van der Waals surface area contributed by atoms with Crippen LogP contribution < -0.4 is 10.2 Å². The fourth-order valence-electron chi connectivity index (χ4n) is 2.79. The molecule has 3 rings (SSSR count). The van der Waals surface area contributed by atoms with Crippen molar-refractivity contribution < 1.29 is 9.30 Å². The number of anilines is 1. The second-order valence-electron chi connectivity index (χ2n) is 6.12. The summed E-state index contributed by atoms with van der Waals surface area (Å²) in [5, 5.41) is 5.64. The molecule has 0 amide bonds. The molecule has 0 unspecified atom stereocenters. The maximum absolute atomic E-state index is 12.1. The first kappa shape index (κ1) is 15.8. The lowest BCUT2D eigenvalue weighted by atomic mass is 10.3. The first-order valence-corrected chi connectivity index (χ1v) is 10.3. The minimum Gasteiger partial charge on any atom is -0.379 e. The molecule has 2 aliphatic rings. The Labute approximate surface area is 132 Å². The molecule has 22 heavy (non-hydrogen) atoms. The molecule has 0 bridgehead atoms. The van der Waals surface area contributed by atoms with Gasteiger partial charge in [0, 0.05) is 36.8 Å². The van der Waals surface area contributed by atoms with E-state index in [0.717, 1.165) is 50.5 Å². The first-order valence-electron chi connectivity index (χ1n) is 7.70. The highest BCUT2D eigenvalue weighted by Crippen LogP contribution is 2.35. The van der Waals surface area contributed by atoms with Crippen LogP contribution >= 0.6 is 7.14 Å². The summed E-state index contributed by atoms with van der Waals surface area (Å²) in [7, 11) is -2.18. The summed E-state index contributed by atoms with van der Waals surface area (Å²) in [6.45, 7) is 8.91. The average molecular weight is 321 g/mol. The van der Waals surface area contributed by atoms with Crippen molar-refractivity contribution in [2.75, 3.05) is 57.7 Å². The Morgan fingerprint density at radius 1 is 1.05 bits per heavy atom. The predicted octanol–water partition coefficient (Wildman–Crippen LogP) is 1.77. The van der Waals surface area contributed by atoms with Crippen LogP contribution in [0.4, 0.5) is 5.69 Å². The van der Waals surface area contributed by atoms with Gasteiger partial charge in [-0.25, -0.2) is 10.0 Å². The van der Waals surface area contributed by atoms with Gasteiger partial charge in [-0.3, -0.25) is 0 Å². The zero-order valence-corrected chi connectivity index (χ0v) is 14.2. The molecule has 0 N–H and O–H groups in total. The molecular formula is C16H24N3O2P. The van der Waals surface area contributed by atoms with Gasteiger partial charge in [-0.05, 0) is 37.6 Å². The van der Waals surface area contributed by atoms with Crippen molar-refractivity contribution in [3.63, 3.8) is 0 Å². The Morgan fingerprint density at radius 3 is 2.36 bits per heavy atom. The molecule has 6 heteroatoms. The summed E-state index contributed by atoms with van der Waals surface area (Å²) in [6.07, 6.45) is 4.31. The van der Waals surface area contributed by atoms with Crippen LogP contribution in [-0.4, -0.2) is 62.9 Å². The highest BCUT2D eigenvalue weighted by molar-refractivity contribution is 7.70. The van der Waals surface area contributed by atoms with Gasteiger partial charge in [0.1, 0.15) is 7.14 Å². The van der Waals surface area contributed by atoms with Crippen LogP contribution in [0.2, 0.25) is 0 Å². The van der Waals surface area contributed by atoms with E-state index in [1.807, 2.05) is 25.5 Å². The van der Waals surface area contributed by atoms with E-state index in [1.165, 1.54) is 0 Å². The van der Waals surface area contributed by atoms with Crippen molar-refractivity contribution >= 4 is 18.1 Å². The number of hydrazine groups is 1. The molecule has 0 saturated carbocycles. The van der Waals surface area contributed by atoms with Gasteiger partial charge >= 0.3 is 0 Å². The van der Waals surface area contributed by atoms with E-state index in [0.29, 0.717) is 0 Å². The van der Waals surface area contributed by atoms with Crippen molar-refractivity contribution in [2.24, 2.45) is 0 Å². The quantitative estimate of drug-likeness (QED) is 0.793. The van der Waals surface area contributed by atoms with Gasteiger partial charge in [0.25, 0.3) is 0 Å². The lowest BCUT2D eigenvalue weighted by molar-refractivity contribution is -0.0845. The molecule has 1 saturated heterocycles. The summed E-state index contributed by atoms with van der Waals surface area (Å²) in [6, 6.07) is 8.08. The summed E-state index contributed by atoms with van der Waals surface area (Å²) in [5.74, 6) is 0. The second-order valence-corrected chi connectivity index (χ2v) is 9.34. The number of hydrogen-bond donors (Lipinski definition) is 0. The highest BCUT2D eigenvalue weighted by Gasteiger charge is 2.22. The molecule has 1 aromatic carbocycles. The normalized spacial score (nSPS) is 21.3. The molecular weight excluding hydrogens is 297 g/mol. The molecule has 1 aromatic rings. The zero-order chi connectivity index (χ0) is 15.6. The van der Waals surface area contributed by atoms with Crippen LogP contribution in [0.1, 0.15) is 0 Å². The van der Waals surface area contributed by atoms with Crippen LogP contribution in [-0.2, 0) is 9.30 Å². The fourth-order valence-corrected chi connectivity index (χ4v) is 3.66. The third kappa shape index (κ3) is 3.61. The minimum absolute atomic E-state index is 0.803. The van der Waals surface area contributed by atoms with Gasteiger partial charge in [-0.15, -0.1) is 0 Å². The minimum atomic E-state index is -2.18. The number of morpholine rings is 1. The molecule has 2 heterocycles. The third-order valence-electron chi connectivity index (χ3n) is 4.11. The van der Waals surface area contributed by atoms with Crippen molar-refractivity contribution in [3.8, 4) is 0 Å². The SMILES string of the molecule is CP(C)(=O)c1ccc(N2C=CCN(N3CCOCC3)C2)cc1. The van der Waals surface area contributed by atoms with Crippen LogP contribution in [0.15, 0.2) is 36.5 Å². The topological polar surface area (TPSA) is 36.0 Å². The van der Waals surface area contributed by atoms with E-state index in [-0.39, 0.29) is 0 Å². The highest BCUT2D eigenvalue weighted by atomic mass is 31.2. The van der Waals surface area contributed by atoms with Gasteiger partial charge < -0.3 is 14.2 Å². The number of benzene rings is 1. The Hall–Kier alpha value is -1.13. The molecule has 5 nitrogen and oxygen atoms in total. The number of nitrogens with zero attached hydrogens (tertiary/aromatic N) is 3. The molecule has 120 valence electrons. The summed E-state index contributed by atoms with van der Waals surface area (Å²) >= 11 is 0. The van der Waals surface area contributed by atoms with E-state index in [4.69, 9.17) is 4.74 Å². The zero-order valence-electron chi connectivity index (χ0n) is 13.3. The molecule has 0 aromatic heterocycles. The third-order valence-corrected chi connectivity index (χ3v) is 5.65. The van der Waals surface area contributed by atoms with Crippen LogP contribution in [0.5, 0.6) is 0 Å². The molecule has 0 radical (unpaired) electrons. The Morgan fingerprint density at radius 2 is 1.73 bits per heavy atom. The van der Waals surface area contributed by atoms with Gasteiger partial charge in [0.05, 0.1) is 19.9 Å². The van der Waals surface area contributed by atoms with Crippen LogP contribution in [0.3, 0.4) is 0 Å². The lowest BCUT2D eigenvalue weighted by Crippen LogP contribution is -2.53. The van der Waals surface area contributed by atoms with Crippen LogP contribution in [0, 0.1) is 0 Å². The monoisotopic (exact) mass is 321 g/mol. The Bertz CT molecular complexity index is 576. The smallest absolute Gasteiger partial charge is 0.109 e. The lowest BCUT2D eigenvalue weighted by Gasteiger charge is -2.41.